The summed E-state index contributed by atoms with van der Waals surface area (Å²) in [5.41, 5.74) is 11.7. The van der Waals surface area contributed by atoms with E-state index in [0.717, 1.165) is 0 Å². The highest BCUT2D eigenvalue weighted by Gasteiger charge is 2.07. The van der Waals surface area contributed by atoms with Crippen LogP contribution >= 0.6 is 11.6 Å². The van der Waals surface area contributed by atoms with Crippen LogP contribution in [0.1, 0.15) is 12.1 Å². The number of nitrogens with zero attached hydrogens (tertiary/aromatic N) is 2. The van der Waals surface area contributed by atoms with Crippen LogP contribution in [0.15, 0.2) is 0 Å². The van der Waals surface area contributed by atoms with Crippen LogP contribution in [0.5, 0.6) is 0 Å². The summed E-state index contributed by atoms with van der Waals surface area (Å²) in [6, 6.07) is 0. The smallest absolute Gasteiger partial charge is 0.224 e. The predicted octanol–water partition coefficient (Wildman–Crippen LogP) is 0.308. The van der Waals surface area contributed by atoms with Crippen molar-refractivity contribution in [2.75, 3.05) is 17.6 Å². The molecule has 15 heavy (non-hydrogen) atoms. The van der Waals surface area contributed by atoms with Gasteiger partial charge in [-0.3, -0.25) is 4.79 Å². The van der Waals surface area contributed by atoms with Gasteiger partial charge in [0.15, 0.2) is 5.82 Å². The standard InChI is InChI=1S/C8H12ClN5O/c1-4-6(11)7(14-8(9)13-4)12-3-2-5(10)15/h2-3,11H2,1H3,(H2,10,15)(H,12,13,14). The first-order valence-corrected chi connectivity index (χ1v) is 4.70. The second-order valence-corrected chi connectivity index (χ2v) is 3.32. The molecule has 0 bridgehead atoms. The van der Waals surface area contributed by atoms with Gasteiger partial charge in [-0.05, 0) is 18.5 Å². The Morgan fingerprint density at radius 1 is 1.53 bits per heavy atom. The Morgan fingerprint density at radius 2 is 2.20 bits per heavy atom. The largest absolute Gasteiger partial charge is 0.394 e. The number of primary amides is 1. The highest BCUT2D eigenvalue weighted by Crippen LogP contribution is 2.20. The van der Waals surface area contributed by atoms with E-state index in [-0.39, 0.29) is 11.7 Å². The molecule has 0 aromatic carbocycles. The number of hydrogen-bond donors (Lipinski definition) is 3. The summed E-state index contributed by atoms with van der Waals surface area (Å²) in [7, 11) is 0. The van der Waals surface area contributed by atoms with Crippen LogP contribution < -0.4 is 16.8 Å². The van der Waals surface area contributed by atoms with Gasteiger partial charge in [0.05, 0.1) is 11.4 Å². The van der Waals surface area contributed by atoms with Crippen molar-refractivity contribution in [3.63, 3.8) is 0 Å². The fraction of sp³-hybridized carbons (Fsp3) is 0.375. The molecule has 82 valence electrons. The number of carbonyl (C=O) groups excluding carboxylic acids is 1. The zero-order chi connectivity index (χ0) is 11.4. The van der Waals surface area contributed by atoms with Crippen LogP contribution in [0.3, 0.4) is 0 Å². The van der Waals surface area contributed by atoms with Crippen molar-refractivity contribution < 1.29 is 4.79 Å². The number of amides is 1. The Morgan fingerprint density at radius 3 is 2.80 bits per heavy atom. The second kappa shape index (κ2) is 4.79. The van der Waals surface area contributed by atoms with Crippen LogP contribution in [-0.4, -0.2) is 22.4 Å². The van der Waals surface area contributed by atoms with E-state index in [9.17, 15) is 4.79 Å². The fourth-order valence-electron chi connectivity index (χ4n) is 0.986. The highest BCUT2D eigenvalue weighted by atomic mass is 35.5. The fourth-order valence-corrected chi connectivity index (χ4v) is 1.20. The molecule has 0 aliphatic carbocycles. The summed E-state index contributed by atoms with van der Waals surface area (Å²) in [5.74, 6) is 0.0340. The van der Waals surface area contributed by atoms with Gasteiger partial charge in [0.2, 0.25) is 11.2 Å². The quantitative estimate of drug-likeness (QED) is 0.644. The lowest BCUT2D eigenvalue weighted by Gasteiger charge is -2.08. The summed E-state index contributed by atoms with van der Waals surface area (Å²) >= 11 is 5.65. The summed E-state index contributed by atoms with van der Waals surface area (Å²) in [6.45, 7) is 2.09. The molecule has 0 radical (unpaired) electrons. The molecule has 1 amide bonds. The molecule has 6 nitrogen and oxygen atoms in total. The van der Waals surface area contributed by atoms with Crippen molar-refractivity contribution >= 4 is 29.0 Å². The first-order valence-electron chi connectivity index (χ1n) is 4.32. The van der Waals surface area contributed by atoms with E-state index < -0.39 is 5.91 Å². The predicted molar refractivity (Wildman–Crippen MR) is 58.5 cm³/mol. The second-order valence-electron chi connectivity index (χ2n) is 2.98. The maximum Gasteiger partial charge on any atom is 0.224 e. The lowest BCUT2D eigenvalue weighted by molar-refractivity contribution is -0.117. The molecular formula is C8H12ClN5O. The number of halogens is 1. The van der Waals surface area contributed by atoms with Gasteiger partial charge in [0.1, 0.15) is 0 Å². The molecule has 0 spiro atoms. The maximum absolute atomic E-state index is 10.5. The van der Waals surface area contributed by atoms with Crippen LogP contribution in [0.4, 0.5) is 11.5 Å². The van der Waals surface area contributed by atoms with E-state index in [1.807, 2.05) is 0 Å². The van der Waals surface area contributed by atoms with Gasteiger partial charge in [-0.1, -0.05) is 0 Å². The molecule has 0 fully saturated rings. The third-order valence-electron chi connectivity index (χ3n) is 1.77. The van der Waals surface area contributed by atoms with E-state index in [2.05, 4.69) is 15.3 Å². The molecule has 0 atom stereocenters. The lowest BCUT2D eigenvalue weighted by Crippen LogP contribution is -2.17. The number of nitrogen functional groups attached to an aromatic ring is 1. The number of nitrogens with one attached hydrogen (secondary N) is 1. The van der Waals surface area contributed by atoms with Gasteiger partial charge in [0.25, 0.3) is 0 Å². The van der Waals surface area contributed by atoms with Gasteiger partial charge in [-0.25, -0.2) is 4.98 Å². The van der Waals surface area contributed by atoms with E-state index in [1.165, 1.54) is 0 Å². The van der Waals surface area contributed by atoms with E-state index in [0.29, 0.717) is 23.7 Å². The Hall–Kier alpha value is -1.56. The molecule has 0 saturated heterocycles. The van der Waals surface area contributed by atoms with Crippen molar-refractivity contribution in [3.8, 4) is 0 Å². The molecule has 0 aliphatic rings. The third-order valence-corrected chi connectivity index (χ3v) is 1.94. The van der Waals surface area contributed by atoms with Crippen molar-refractivity contribution in [1.82, 2.24) is 9.97 Å². The molecule has 0 saturated carbocycles. The molecule has 0 unspecified atom stereocenters. The minimum absolute atomic E-state index is 0.114. The third kappa shape index (κ3) is 3.25. The van der Waals surface area contributed by atoms with Crippen LogP contribution in [0, 0.1) is 6.92 Å². The Kier molecular flexibility index (Phi) is 3.68. The molecule has 1 aromatic rings. The number of nitrogens with two attached hydrogens (primary N) is 2. The van der Waals surface area contributed by atoms with Gasteiger partial charge in [-0.2, -0.15) is 4.98 Å². The summed E-state index contributed by atoms with van der Waals surface area (Å²) in [5, 5.41) is 2.98. The summed E-state index contributed by atoms with van der Waals surface area (Å²) < 4.78 is 0. The van der Waals surface area contributed by atoms with Crippen LogP contribution in [0.25, 0.3) is 0 Å². The van der Waals surface area contributed by atoms with Crippen molar-refractivity contribution in [3.05, 3.63) is 11.0 Å². The first kappa shape index (κ1) is 11.5. The lowest BCUT2D eigenvalue weighted by atomic mass is 10.3. The molecule has 1 heterocycles. The molecular weight excluding hydrogens is 218 g/mol. The molecule has 7 heteroatoms. The minimum Gasteiger partial charge on any atom is -0.394 e. The number of rotatable bonds is 4. The van der Waals surface area contributed by atoms with Crippen molar-refractivity contribution in [2.45, 2.75) is 13.3 Å². The van der Waals surface area contributed by atoms with Crippen LogP contribution in [-0.2, 0) is 4.79 Å². The zero-order valence-electron chi connectivity index (χ0n) is 8.25. The highest BCUT2D eigenvalue weighted by molar-refractivity contribution is 6.28. The zero-order valence-corrected chi connectivity index (χ0v) is 9.01. The minimum atomic E-state index is -0.391. The van der Waals surface area contributed by atoms with Crippen LogP contribution in [0.2, 0.25) is 5.28 Å². The van der Waals surface area contributed by atoms with Gasteiger partial charge in [0, 0.05) is 13.0 Å². The summed E-state index contributed by atoms with van der Waals surface area (Å²) in [6.07, 6.45) is 0.208. The Labute approximate surface area is 92.0 Å². The number of anilines is 2. The maximum atomic E-state index is 10.5. The topological polar surface area (TPSA) is 107 Å². The van der Waals surface area contributed by atoms with E-state index >= 15 is 0 Å². The average Bonchev–Trinajstić information content (AvgIpc) is 2.12. The molecule has 5 N–H and O–H groups in total. The normalized spacial score (nSPS) is 10.0. The van der Waals surface area contributed by atoms with E-state index in [1.54, 1.807) is 6.92 Å². The first-order chi connectivity index (χ1) is 7.00. The molecule has 0 aliphatic heterocycles. The van der Waals surface area contributed by atoms with Gasteiger partial charge >= 0.3 is 0 Å². The van der Waals surface area contributed by atoms with E-state index in [4.69, 9.17) is 23.1 Å². The number of aryl methyl sites for hydroxylation is 1. The molecule has 1 aromatic heterocycles. The van der Waals surface area contributed by atoms with Gasteiger partial charge < -0.3 is 16.8 Å². The Balaban J connectivity index is 2.72. The number of aromatic nitrogens is 2. The van der Waals surface area contributed by atoms with Gasteiger partial charge in [-0.15, -0.1) is 0 Å². The Bertz CT molecular complexity index is 382. The SMILES string of the molecule is Cc1nc(Cl)nc(NCCC(N)=O)c1N. The monoisotopic (exact) mass is 229 g/mol. The number of carbonyl (C=O) groups is 1. The summed E-state index contributed by atoms with van der Waals surface area (Å²) in [4.78, 5) is 18.3. The van der Waals surface area contributed by atoms with Crippen molar-refractivity contribution in [2.24, 2.45) is 5.73 Å². The molecule has 1 rings (SSSR count). The average molecular weight is 230 g/mol. The van der Waals surface area contributed by atoms with Crippen molar-refractivity contribution in [1.29, 1.82) is 0 Å². The number of hydrogen-bond acceptors (Lipinski definition) is 5.